The van der Waals surface area contributed by atoms with Gasteiger partial charge in [-0.2, -0.15) is 0 Å². The van der Waals surface area contributed by atoms with Gasteiger partial charge >= 0.3 is 6.03 Å². The third-order valence-corrected chi connectivity index (χ3v) is 6.88. The molecule has 0 radical (unpaired) electrons. The number of hydrogen-bond donors (Lipinski definition) is 1. The summed E-state index contributed by atoms with van der Waals surface area (Å²) < 4.78 is 13.1. The number of nitrogens with zero attached hydrogens (tertiary/aromatic N) is 2. The fourth-order valence-corrected chi connectivity index (χ4v) is 5.13. The number of carbonyl (C=O) groups excluding carboxylic acids is 2. The van der Waals surface area contributed by atoms with Crippen molar-refractivity contribution in [2.75, 3.05) is 38.1 Å². The van der Waals surface area contributed by atoms with Crippen LogP contribution >= 0.6 is 31.9 Å². The number of ether oxygens (including phenoxy) is 2. The topological polar surface area (TPSA) is 71.1 Å². The van der Waals surface area contributed by atoms with Crippen molar-refractivity contribution in [1.29, 1.82) is 0 Å². The molecule has 2 aromatic carbocycles. The van der Waals surface area contributed by atoms with Gasteiger partial charge in [-0.25, -0.2) is 4.79 Å². The van der Waals surface area contributed by atoms with E-state index in [1.54, 1.807) is 15.9 Å². The summed E-state index contributed by atoms with van der Waals surface area (Å²) in [6.07, 6.45) is -0.670. The first-order valence-corrected chi connectivity index (χ1v) is 12.1. The van der Waals surface area contributed by atoms with E-state index in [1.165, 1.54) is 5.56 Å². The maximum Gasteiger partial charge on any atom is 0.322 e. The smallest absolute Gasteiger partial charge is 0.322 e. The highest BCUT2D eigenvalue weighted by atomic mass is 79.9. The molecule has 7 nitrogen and oxygen atoms in total. The second-order valence-electron chi connectivity index (χ2n) is 8.12. The van der Waals surface area contributed by atoms with Crippen LogP contribution in [-0.4, -0.2) is 60.6 Å². The Morgan fingerprint density at radius 2 is 1.59 bits per heavy atom. The molecule has 3 amide bonds. The van der Waals surface area contributed by atoms with Crippen LogP contribution < -0.4 is 14.8 Å². The van der Waals surface area contributed by atoms with E-state index in [2.05, 4.69) is 51.0 Å². The highest BCUT2D eigenvalue weighted by molar-refractivity contribution is 9.11. The van der Waals surface area contributed by atoms with Crippen molar-refractivity contribution >= 4 is 49.5 Å². The van der Waals surface area contributed by atoms with Crippen LogP contribution in [0.3, 0.4) is 0 Å². The maximum atomic E-state index is 12.9. The lowest BCUT2D eigenvalue weighted by Gasteiger charge is -2.37. The Labute approximate surface area is 204 Å². The fraction of sp³-hybridized carbons (Fsp3) is 0.391. The van der Waals surface area contributed by atoms with E-state index in [0.717, 1.165) is 8.95 Å². The number of benzene rings is 2. The third-order valence-electron chi connectivity index (χ3n) is 5.63. The molecular weight excluding hydrogens is 542 g/mol. The number of para-hydroxylation sites is 2. The normalized spacial score (nSPS) is 18.0. The molecule has 2 aromatic rings. The van der Waals surface area contributed by atoms with Crippen LogP contribution in [-0.2, 0) is 4.79 Å². The van der Waals surface area contributed by atoms with Crippen molar-refractivity contribution in [3.63, 3.8) is 0 Å². The van der Waals surface area contributed by atoms with E-state index in [1.807, 2.05) is 30.3 Å². The van der Waals surface area contributed by atoms with Crippen LogP contribution in [0, 0.1) is 0 Å². The van der Waals surface area contributed by atoms with E-state index in [4.69, 9.17) is 9.47 Å². The Kier molecular flexibility index (Phi) is 6.95. The van der Waals surface area contributed by atoms with Gasteiger partial charge in [0.1, 0.15) is 6.61 Å². The van der Waals surface area contributed by atoms with Crippen molar-refractivity contribution in [3.05, 3.63) is 50.9 Å². The first kappa shape index (κ1) is 22.9. The van der Waals surface area contributed by atoms with Gasteiger partial charge in [0, 0.05) is 35.1 Å². The van der Waals surface area contributed by atoms with Gasteiger partial charge in [0.05, 0.1) is 5.69 Å². The molecule has 2 aliphatic rings. The quantitative estimate of drug-likeness (QED) is 0.576. The fourth-order valence-electron chi connectivity index (χ4n) is 3.71. The van der Waals surface area contributed by atoms with Crippen molar-refractivity contribution in [2.45, 2.75) is 25.9 Å². The highest BCUT2D eigenvalue weighted by Gasteiger charge is 2.33. The minimum absolute atomic E-state index is 0.116. The van der Waals surface area contributed by atoms with Gasteiger partial charge in [0.2, 0.25) is 6.10 Å². The molecule has 0 spiro atoms. The van der Waals surface area contributed by atoms with Gasteiger partial charge < -0.3 is 24.6 Å². The lowest BCUT2D eigenvalue weighted by atomic mass is 10.0. The summed E-state index contributed by atoms with van der Waals surface area (Å²) in [5.41, 5.74) is 1.87. The molecule has 0 aromatic heterocycles. The molecule has 1 fully saturated rings. The summed E-state index contributed by atoms with van der Waals surface area (Å²) in [6, 6.07) is 11.2. The third kappa shape index (κ3) is 4.88. The summed E-state index contributed by atoms with van der Waals surface area (Å²) in [6.45, 7) is 6.21. The zero-order chi connectivity index (χ0) is 22.8. The van der Waals surface area contributed by atoms with Crippen molar-refractivity contribution in [1.82, 2.24) is 9.80 Å². The van der Waals surface area contributed by atoms with Crippen LogP contribution in [0.1, 0.15) is 25.3 Å². The molecule has 1 saturated heterocycles. The number of urea groups is 1. The monoisotopic (exact) mass is 565 g/mol. The number of fused-ring (bicyclic) bond motifs is 1. The van der Waals surface area contributed by atoms with E-state index in [-0.39, 0.29) is 18.5 Å². The number of carbonyl (C=O) groups is 2. The number of hydrogen-bond acceptors (Lipinski definition) is 4. The summed E-state index contributed by atoms with van der Waals surface area (Å²) in [5.74, 6) is 1.49. The molecule has 0 aliphatic carbocycles. The van der Waals surface area contributed by atoms with Gasteiger partial charge in [-0.15, -0.1) is 0 Å². The SMILES string of the molecule is CC(C)c1cc(Br)c(NC(=O)N2CCN(C(=O)C3COc4ccccc4O3)CC2)c(Br)c1. The zero-order valence-electron chi connectivity index (χ0n) is 17.9. The van der Waals surface area contributed by atoms with E-state index in [0.29, 0.717) is 49.3 Å². The van der Waals surface area contributed by atoms with Crippen LogP contribution in [0.5, 0.6) is 11.5 Å². The average molecular weight is 567 g/mol. The summed E-state index contributed by atoms with van der Waals surface area (Å²) in [5, 5.41) is 2.98. The standard InChI is InChI=1S/C23H25Br2N3O4/c1-14(2)15-11-16(24)21(17(25)12-15)26-23(30)28-9-7-27(8-10-28)22(29)20-13-31-18-5-3-4-6-19(18)32-20/h3-6,11-12,14,20H,7-10,13H2,1-2H3,(H,26,30). The minimum Gasteiger partial charge on any atom is -0.485 e. The van der Waals surface area contributed by atoms with Crippen molar-refractivity contribution in [3.8, 4) is 11.5 Å². The Hall–Kier alpha value is -2.26. The maximum absolute atomic E-state index is 12.9. The number of nitrogens with one attached hydrogen (secondary N) is 1. The van der Waals surface area contributed by atoms with Crippen LogP contribution in [0.25, 0.3) is 0 Å². The predicted molar refractivity (Wildman–Crippen MR) is 129 cm³/mol. The van der Waals surface area contributed by atoms with Crippen molar-refractivity contribution in [2.24, 2.45) is 0 Å². The van der Waals surface area contributed by atoms with Gasteiger partial charge in [0.15, 0.2) is 11.5 Å². The molecule has 1 atom stereocenters. The summed E-state index contributed by atoms with van der Waals surface area (Å²) in [4.78, 5) is 29.2. The molecule has 9 heteroatoms. The average Bonchev–Trinajstić information content (AvgIpc) is 2.80. The molecule has 1 N–H and O–H groups in total. The number of halogens is 2. The first-order chi connectivity index (χ1) is 15.3. The number of piperazine rings is 1. The number of rotatable bonds is 3. The van der Waals surface area contributed by atoms with Crippen LogP contribution in [0.2, 0.25) is 0 Å². The van der Waals surface area contributed by atoms with Crippen LogP contribution in [0.4, 0.5) is 10.5 Å². The van der Waals surface area contributed by atoms with E-state index < -0.39 is 6.10 Å². The minimum atomic E-state index is -0.670. The molecule has 2 aliphatic heterocycles. The first-order valence-electron chi connectivity index (χ1n) is 10.6. The molecule has 1 unspecified atom stereocenters. The Balaban J connectivity index is 1.33. The molecule has 32 heavy (non-hydrogen) atoms. The Bertz CT molecular complexity index is 999. The Morgan fingerprint density at radius 3 is 2.22 bits per heavy atom. The van der Waals surface area contributed by atoms with Gasteiger partial charge in [0.25, 0.3) is 5.91 Å². The molecule has 0 saturated carbocycles. The molecule has 2 heterocycles. The van der Waals surface area contributed by atoms with Gasteiger partial charge in [-0.3, -0.25) is 4.79 Å². The van der Waals surface area contributed by atoms with E-state index in [9.17, 15) is 9.59 Å². The molecule has 4 rings (SSSR count). The predicted octanol–water partition coefficient (Wildman–Crippen LogP) is 4.85. The van der Waals surface area contributed by atoms with Crippen LogP contribution in [0.15, 0.2) is 45.3 Å². The summed E-state index contributed by atoms with van der Waals surface area (Å²) in [7, 11) is 0. The molecule has 0 bridgehead atoms. The molecule has 170 valence electrons. The second-order valence-corrected chi connectivity index (χ2v) is 9.83. The second kappa shape index (κ2) is 9.70. The highest BCUT2D eigenvalue weighted by Crippen LogP contribution is 2.35. The largest absolute Gasteiger partial charge is 0.485 e. The van der Waals surface area contributed by atoms with Crippen molar-refractivity contribution < 1.29 is 19.1 Å². The summed E-state index contributed by atoms with van der Waals surface area (Å²) >= 11 is 7.12. The van der Waals surface area contributed by atoms with Gasteiger partial charge in [-0.1, -0.05) is 26.0 Å². The Morgan fingerprint density at radius 1 is 1.00 bits per heavy atom. The van der Waals surface area contributed by atoms with E-state index >= 15 is 0 Å². The lowest BCUT2D eigenvalue weighted by Crippen LogP contribution is -2.55. The molecular formula is C23H25Br2N3O4. The zero-order valence-corrected chi connectivity index (χ0v) is 21.1. The lowest BCUT2D eigenvalue weighted by molar-refractivity contribution is -0.142. The van der Waals surface area contributed by atoms with Gasteiger partial charge in [-0.05, 0) is 67.6 Å². The number of anilines is 1. The number of amides is 3.